The molecule has 104 valence electrons. The van der Waals surface area contributed by atoms with Crippen molar-refractivity contribution in [1.29, 1.82) is 0 Å². The second-order valence-electron chi connectivity index (χ2n) is 4.22. The van der Waals surface area contributed by atoms with Crippen LogP contribution in [-0.4, -0.2) is 28.1 Å². The summed E-state index contributed by atoms with van der Waals surface area (Å²) in [5.41, 5.74) is 1.08. The lowest BCUT2D eigenvalue weighted by Crippen LogP contribution is -2.29. The number of sulfonamides is 1. The molecule has 0 fully saturated rings. The molecule has 0 unspecified atom stereocenters. The van der Waals surface area contributed by atoms with Gasteiger partial charge in [0.15, 0.2) is 0 Å². The van der Waals surface area contributed by atoms with Crippen LogP contribution < -0.4 is 10.0 Å². The molecule has 7 heteroatoms. The molecule has 1 aromatic rings. The van der Waals surface area contributed by atoms with E-state index in [4.69, 9.17) is 23.2 Å². The summed E-state index contributed by atoms with van der Waals surface area (Å²) in [6, 6.07) is 4.33. The number of nitrogens with one attached hydrogen (secondary N) is 2. The van der Waals surface area contributed by atoms with Crippen LogP contribution in [0.5, 0.6) is 0 Å². The third kappa shape index (κ3) is 3.94. The first-order chi connectivity index (χ1) is 8.99. The van der Waals surface area contributed by atoms with E-state index in [0.29, 0.717) is 11.6 Å². The Morgan fingerprint density at radius 3 is 2.74 bits per heavy atom. The summed E-state index contributed by atoms with van der Waals surface area (Å²) in [6.45, 7) is 1.96. The standard InChI is InChI=1S/C12H14Cl2N2O2S/c13-10-1-2-12(11(14)7-10)19(17,18)16-8-9-3-5-15-6-4-9/h1-3,7,15-16H,4-6,8H2. The van der Waals surface area contributed by atoms with E-state index < -0.39 is 10.0 Å². The molecule has 0 aromatic heterocycles. The highest BCUT2D eigenvalue weighted by Crippen LogP contribution is 2.24. The fraction of sp³-hybridized carbons (Fsp3) is 0.333. The van der Waals surface area contributed by atoms with Gasteiger partial charge in [-0.1, -0.05) is 34.9 Å². The average molecular weight is 321 g/mol. The Bertz CT molecular complexity index is 600. The van der Waals surface area contributed by atoms with Crippen molar-refractivity contribution in [2.45, 2.75) is 11.3 Å². The van der Waals surface area contributed by atoms with E-state index in [0.717, 1.165) is 25.1 Å². The van der Waals surface area contributed by atoms with Crippen molar-refractivity contribution in [2.75, 3.05) is 19.6 Å². The molecule has 0 amide bonds. The molecular weight excluding hydrogens is 307 g/mol. The molecule has 0 aliphatic carbocycles. The zero-order valence-corrected chi connectivity index (χ0v) is 12.4. The first kappa shape index (κ1) is 14.8. The molecule has 0 saturated carbocycles. The van der Waals surface area contributed by atoms with Crippen molar-refractivity contribution in [1.82, 2.24) is 10.0 Å². The molecule has 0 spiro atoms. The maximum absolute atomic E-state index is 12.1. The Hall–Kier alpha value is -0.590. The van der Waals surface area contributed by atoms with E-state index in [1.807, 2.05) is 6.08 Å². The number of hydrogen-bond acceptors (Lipinski definition) is 3. The highest BCUT2D eigenvalue weighted by molar-refractivity contribution is 7.89. The molecule has 1 aliphatic heterocycles. The molecule has 4 nitrogen and oxygen atoms in total. The first-order valence-electron chi connectivity index (χ1n) is 5.82. The van der Waals surface area contributed by atoms with Crippen molar-refractivity contribution in [3.63, 3.8) is 0 Å². The van der Waals surface area contributed by atoms with E-state index in [2.05, 4.69) is 10.0 Å². The SMILES string of the molecule is O=S(=O)(NCC1=CCNCC1)c1ccc(Cl)cc1Cl. The van der Waals surface area contributed by atoms with E-state index in [1.165, 1.54) is 18.2 Å². The second kappa shape index (κ2) is 6.24. The Morgan fingerprint density at radius 2 is 2.11 bits per heavy atom. The van der Waals surface area contributed by atoms with Gasteiger partial charge in [-0.25, -0.2) is 13.1 Å². The van der Waals surface area contributed by atoms with E-state index in [9.17, 15) is 8.42 Å². The van der Waals surface area contributed by atoms with Crippen molar-refractivity contribution < 1.29 is 8.42 Å². The summed E-state index contributed by atoms with van der Waals surface area (Å²) in [6.07, 6.45) is 2.84. The second-order valence-corrected chi connectivity index (χ2v) is 6.79. The number of rotatable bonds is 4. The largest absolute Gasteiger partial charge is 0.313 e. The van der Waals surface area contributed by atoms with Gasteiger partial charge in [-0.05, 0) is 31.2 Å². The van der Waals surface area contributed by atoms with Crippen LogP contribution in [-0.2, 0) is 10.0 Å². The molecule has 0 atom stereocenters. The van der Waals surface area contributed by atoms with E-state index in [-0.39, 0.29) is 9.92 Å². The van der Waals surface area contributed by atoms with Gasteiger partial charge in [-0.3, -0.25) is 0 Å². The van der Waals surface area contributed by atoms with Crippen molar-refractivity contribution in [3.8, 4) is 0 Å². The fourth-order valence-corrected chi connectivity index (χ4v) is 3.60. The van der Waals surface area contributed by atoms with Gasteiger partial charge >= 0.3 is 0 Å². The summed E-state index contributed by atoms with van der Waals surface area (Å²) in [4.78, 5) is 0.0492. The summed E-state index contributed by atoms with van der Waals surface area (Å²) >= 11 is 11.7. The minimum atomic E-state index is -3.61. The quantitative estimate of drug-likeness (QED) is 0.836. The minimum Gasteiger partial charge on any atom is -0.313 e. The number of halogens is 2. The fourth-order valence-electron chi connectivity index (χ4n) is 1.79. The average Bonchev–Trinajstić information content (AvgIpc) is 2.37. The zero-order chi connectivity index (χ0) is 13.9. The Kier molecular flexibility index (Phi) is 4.86. The van der Waals surface area contributed by atoms with Crippen LogP contribution in [0.25, 0.3) is 0 Å². The number of benzene rings is 1. The van der Waals surface area contributed by atoms with Gasteiger partial charge in [0.05, 0.1) is 5.02 Å². The van der Waals surface area contributed by atoms with Gasteiger partial charge in [-0.15, -0.1) is 0 Å². The molecule has 0 radical (unpaired) electrons. The van der Waals surface area contributed by atoms with Crippen LogP contribution in [0.4, 0.5) is 0 Å². The minimum absolute atomic E-state index is 0.0492. The maximum Gasteiger partial charge on any atom is 0.242 e. The van der Waals surface area contributed by atoms with E-state index in [1.54, 1.807) is 0 Å². The predicted octanol–water partition coefficient (Wildman–Crippen LogP) is 2.19. The third-order valence-electron chi connectivity index (χ3n) is 2.83. The monoisotopic (exact) mass is 320 g/mol. The molecule has 19 heavy (non-hydrogen) atoms. The van der Waals surface area contributed by atoms with Crippen molar-refractivity contribution >= 4 is 33.2 Å². The van der Waals surface area contributed by atoms with Crippen LogP contribution >= 0.6 is 23.2 Å². The van der Waals surface area contributed by atoms with Gasteiger partial charge in [0.25, 0.3) is 0 Å². The normalized spacial score (nSPS) is 16.2. The molecule has 1 heterocycles. The summed E-state index contributed by atoms with van der Waals surface area (Å²) in [5, 5.41) is 3.70. The highest BCUT2D eigenvalue weighted by atomic mass is 35.5. The van der Waals surface area contributed by atoms with Gasteiger partial charge in [0.1, 0.15) is 4.90 Å². The smallest absolute Gasteiger partial charge is 0.242 e. The molecule has 0 saturated heterocycles. The highest BCUT2D eigenvalue weighted by Gasteiger charge is 2.18. The molecule has 2 rings (SSSR count). The summed E-state index contributed by atoms with van der Waals surface area (Å²) in [5.74, 6) is 0. The van der Waals surface area contributed by atoms with Gasteiger partial charge in [-0.2, -0.15) is 0 Å². The molecule has 1 aliphatic rings. The predicted molar refractivity (Wildman–Crippen MR) is 77.2 cm³/mol. The van der Waals surface area contributed by atoms with Gasteiger partial charge in [0, 0.05) is 18.1 Å². The van der Waals surface area contributed by atoms with Gasteiger partial charge in [0.2, 0.25) is 10.0 Å². The lowest BCUT2D eigenvalue weighted by atomic mass is 10.1. The van der Waals surface area contributed by atoms with Crippen molar-refractivity contribution in [3.05, 3.63) is 39.9 Å². The Balaban J connectivity index is 2.11. The van der Waals surface area contributed by atoms with Crippen LogP contribution in [0.2, 0.25) is 10.0 Å². The lowest BCUT2D eigenvalue weighted by Gasteiger charge is -2.15. The number of hydrogen-bond donors (Lipinski definition) is 2. The summed E-state index contributed by atoms with van der Waals surface area (Å²) < 4.78 is 26.8. The Labute approximate surface area is 122 Å². The molecule has 0 bridgehead atoms. The van der Waals surface area contributed by atoms with Crippen LogP contribution in [0.3, 0.4) is 0 Å². The molecular formula is C12H14Cl2N2O2S. The van der Waals surface area contributed by atoms with Crippen molar-refractivity contribution in [2.24, 2.45) is 0 Å². The lowest BCUT2D eigenvalue weighted by molar-refractivity contribution is 0.582. The zero-order valence-electron chi connectivity index (χ0n) is 10.1. The molecule has 1 aromatic carbocycles. The van der Waals surface area contributed by atoms with Gasteiger partial charge < -0.3 is 5.32 Å². The summed E-state index contributed by atoms with van der Waals surface area (Å²) in [7, 11) is -3.61. The first-order valence-corrected chi connectivity index (χ1v) is 8.06. The van der Waals surface area contributed by atoms with Crippen LogP contribution in [0.15, 0.2) is 34.7 Å². The van der Waals surface area contributed by atoms with Crippen LogP contribution in [0.1, 0.15) is 6.42 Å². The molecule has 2 N–H and O–H groups in total. The Morgan fingerprint density at radius 1 is 1.32 bits per heavy atom. The van der Waals surface area contributed by atoms with E-state index >= 15 is 0 Å². The maximum atomic E-state index is 12.1. The van der Waals surface area contributed by atoms with Crippen LogP contribution in [0, 0.1) is 0 Å². The topological polar surface area (TPSA) is 58.2 Å². The third-order valence-corrected chi connectivity index (χ3v) is 4.95.